The summed E-state index contributed by atoms with van der Waals surface area (Å²) in [7, 11) is -0.685. The number of rotatable bonds is 10. The van der Waals surface area contributed by atoms with Crippen LogP contribution in [0.1, 0.15) is 26.3 Å². The number of urea groups is 1. The molecule has 1 aliphatic rings. The topological polar surface area (TPSA) is 134 Å². The number of carbonyl (C=O) groups excluding carboxylic acids is 3. The Bertz CT molecular complexity index is 1260. The predicted molar refractivity (Wildman–Crippen MR) is 132 cm³/mol. The van der Waals surface area contributed by atoms with E-state index in [1.54, 1.807) is 39.0 Å². The number of benzene rings is 2. The number of hydrogen-bond donors (Lipinski definition) is 2. The molecule has 2 N–H and O–H groups in total. The lowest BCUT2D eigenvalue weighted by molar-refractivity contribution is -0.133. The second-order valence-electron chi connectivity index (χ2n) is 8.18. The van der Waals surface area contributed by atoms with E-state index in [-0.39, 0.29) is 4.90 Å². The number of methoxy groups -OCH3 is 2. The van der Waals surface area contributed by atoms with E-state index in [0.717, 1.165) is 4.90 Å². The molecule has 2 aromatic rings. The Labute approximate surface area is 210 Å². The summed E-state index contributed by atoms with van der Waals surface area (Å²) in [5.41, 5.74) is -0.614. The highest BCUT2D eigenvalue weighted by molar-refractivity contribution is 7.89. The molecule has 1 saturated heterocycles. The fourth-order valence-electron chi connectivity index (χ4n) is 3.95. The number of anilines is 1. The van der Waals surface area contributed by atoms with Gasteiger partial charge in [-0.1, -0.05) is 19.9 Å². The molecule has 4 amide bonds. The van der Waals surface area contributed by atoms with Crippen LogP contribution >= 0.6 is 0 Å². The van der Waals surface area contributed by atoms with Crippen molar-refractivity contribution >= 4 is 33.6 Å². The Hall–Kier alpha value is -3.64. The summed E-state index contributed by atoms with van der Waals surface area (Å²) < 4.78 is 37.1. The SMILES string of the molecule is CCN(CC)S(=O)(=O)c1ccc(NC(=O)CN2C(=O)N[C@@](C)(c3ccc(OC)c(OC)c3)C2=O)cc1. The molecule has 36 heavy (non-hydrogen) atoms. The fraction of sp³-hybridized carbons (Fsp3) is 0.375. The van der Waals surface area contributed by atoms with Crippen molar-refractivity contribution in [2.75, 3.05) is 39.2 Å². The molecule has 2 aromatic carbocycles. The maximum atomic E-state index is 13.2. The molecule has 0 spiro atoms. The van der Waals surface area contributed by atoms with E-state index in [4.69, 9.17) is 9.47 Å². The third-order valence-corrected chi connectivity index (χ3v) is 8.08. The summed E-state index contributed by atoms with van der Waals surface area (Å²) >= 11 is 0. The highest BCUT2D eigenvalue weighted by Gasteiger charge is 2.49. The largest absolute Gasteiger partial charge is 0.493 e. The molecular formula is C24H30N4O7S. The molecule has 0 radical (unpaired) electrons. The van der Waals surface area contributed by atoms with E-state index in [1.165, 1.54) is 42.8 Å². The van der Waals surface area contributed by atoms with E-state index in [9.17, 15) is 22.8 Å². The first-order chi connectivity index (χ1) is 17.0. The van der Waals surface area contributed by atoms with Crippen LogP contribution in [0.4, 0.5) is 10.5 Å². The van der Waals surface area contributed by atoms with E-state index in [2.05, 4.69) is 10.6 Å². The van der Waals surface area contributed by atoms with E-state index in [0.29, 0.717) is 35.8 Å². The van der Waals surface area contributed by atoms with Crippen LogP contribution in [0.2, 0.25) is 0 Å². The van der Waals surface area contributed by atoms with Gasteiger partial charge in [-0.2, -0.15) is 4.31 Å². The molecule has 0 unspecified atom stereocenters. The molecule has 1 heterocycles. The lowest BCUT2D eigenvalue weighted by Crippen LogP contribution is -2.42. The van der Waals surface area contributed by atoms with E-state index in [1.807, 2.05) is 0 Å². The van der Waals surface area contributed by atoms with Gasteiger partial charge >= 0.3 is 6.03 Å². The first-order valence-electron chi connectivity index (χ1n) is 11.3. The molecule has 1 atom stereocenters. The van der Waals surface area contributed by atoms with E-state index >= 15 is 0 Å². The number of nitrogens with one attached hydrogen (secondary N) is 2. The third-order valence-electron chi connectivity index (χ3n) is 6.02. The predicted octanol–water partition coefficient (Wildman–Crippen LogP) is 2.14. The number of imide groups is 1. The average Bonchev–Trinajstić information content (AvgIpc) is 3.08. The Balaban J connectivity index is 1.72. The average molecular weight is 519 g/mol. The van der Waals surface area contributed by atoms with Gasteiger partial charge in [-0.15, -0.1) is 0 Å². The van der Waals surface area contributed by atoms with Crippen LogP contribution in [-0.2, 0) is 25.2 Å². The van der Waals surface area contributed by atoms with E-state index < -0.39 is 40.0 Å². The summed E-state index contributed by atoms with van der Waals surface area (Å²) in [6.07, 6.45) is 0. The van der Waals surface area contributed by atoms with Gasteiger partial charge in [-0.25, -0.2) is 13.2 Å². The van der Waals surface area contributed by atoms with Crippen molar-refractivity contribution in [3.8, 4) is 11.5 Å². The van der Waals surface area contributed by atoms with Gasteiger partial charge < -0.3 is 20.1 Å². The molecule has 1 aliphatic heterocycles. The number of ether oxygens (including phenoxy) is 2. The van der Waals surface area contributed by atoms with Crippen molar-refractivity contribution < 1.29 is 32.3 Å². The summed E-state index contributed by atoms with van der Waals surface area (Å²) in [5.74, 6) is -0.361. The van der Waals surface area contributed by atoms with Gasteiger partial charge in [0.1, 0.15) is 12.1 Å². The van der Waals surface area contributed by atoms with Gasteiger partial charge in [0.05, 0.1) is 19.1 Å². The van der Waals surface area contributed by atoms with Crippen molar-refractivity contribution in [2.45, 2.75) is 31.2 Å². The summed E-state index contributed by atoms with van der Waals surface area (Å²) in [6, 6.07) is 9.83. The van der Waals surface area contributed by atoms with Gasteiger partial charge in [0.25, 0.3) is 5.91 Å². The molecular weight excluding hydrogens is 488 g/mol. The number of hydrogen-bond acceptors (Lipinski definition) is 7. The van der Waals surface area contributed by atoms with Crippen LogP contribution < -0.4 is 20.1 Å². The van der Waals surface area contributed by atoms with Crippen molar-refractivity contribution in [3.63, 3.8) is 0 Å². The number of carbonyl (C=O) groups is 3. The van der Waals surface area contributed by atoms with Crippen molar-refractivity contribution in [1.29, 1.82) is 0 Å². The minimum atomic E-state index is -3.63. The Morgan fingerprint density at radius 2 is 1.64 bits per heavy atom. The molecule has 0 saturated carbocycles. The minimum absolute atomic E-state index is 0.101. The van der Waals surface area contributed by atoms with Gasteiger partial charge in [0.2, 0.25) is 15.9 Å². The second-order valence-corrected chi connectivity index (χ2v) is 10.1. The summed E-state index contributed by atoms with van der Waals surface area (Å²) in [5, 5.41) is 5.23. The van der Waals surface area contributed by atoms with Gasteiger partial charge in [0.15, 0.2) is 11.5 Å². The lowest BCUT2D eigenvalue weighted by Gasteiger charge is -2.23. The highest BCUT2D eigenvalue weighted by atomic mass is 32.2. The highest BCUT2D eigenvalue weighted by Crippen LogP contribution is 2.35. The standard InChI is InChI=1S/C24H30N4O7S/c1-6-27(7-2)36(32,33)18-11-9-17(10-12-18)25-21(29)15-28-22(30)24(3,26-23(28)31)16-8-13-19(34-4)20(14-16)35-5/h8-14H,6-7,15H2,1-5H3,(H,25,29)(H,26,31)/t24-/m0/s1. The molecule has 11 nitrogen and oxygen atoms in total. The maximum Gasteiger partial charge on any atom is 0.325 e. The van der Waals surface area contributed by atoms with Crippen LogP contribution in [-0.4, -0.2) is 69.3 Å². The van der Waals surface area contributed by atoms with Gasteiger partial charge in [-0.3, -0.25) is 14.5 Å². The molecule has 0 aromatic heterocycles. The smallest absolute Gasteiger partial charge is 0.325 e. The van der Waals surface area contributed by atoms with Crippen molar-refractivity contribution in [3.05, 3.63) is 48.0 Å². The Morgan fingerprint density at radius 3 is 2.19 bits per heavy atom. The zero-order valence-corrected chi connectivity index (χ0v) is 21.6. The molecule has 0 aliphatic carbocycles. The van der Waals surface area contributed by atoms with Crippen LogP contribution in [0.25, 0.3) is 0 Å². The van der Waals surface area contributed by atoms with Crippen molar-refractivity contribution in [1.82, 2.24) is 14.5 Å². The van der Waals surface area contributed by atoms with Crippen molar-refractivity contribution in [2.24, 2.45) is 0 Å². The quantitative estimate of drug-likeness (QED) is 0.460. The van der Waals surface area contributed by atoms with Crippen LogP contribution in [0, 0.1) is 0 Å². The summed E-state index contributed by atoms with van der Waals surface area (Å²) in [4.78, 5) is 39.3. The fourth-order valence-corrected chi connectivity index (χ4v) is 5.41. The minimum Gasteiger partial charge on any atom is -0.493 e. The van der Waals surface area contributed by atoms with Crippen LogP contribution in [0.15, 0.2) is 47.4 Å². The summed E-state index contributed by atoms with van der Waals surface area (Å²) in [6.45, 7) is 5.20. The monoisotopic (exact) mass is 518 g/mol. The van der Waals surface area contributed by atoms with Gasteiger partial charge in [0, 0.05) is 18.8 Å². The number of nitrogens with zero attached hydrogens (tertiary/aromatic N) is 2. The molecule has 1 fully saturated rings. The first-order valence-corrected chi connectivity index (χ1v) is 12.7. The second kappa shape index (κ2) is 10.5. The molecule has 194 valence electrons. The van der Waals surface area contributed by atoms with Gasteiger partial charge in [-0.05, 0) is 48.9 Å². The molecule has 0 bridgehead atoms. The number of sulfonamides is 1. The number of amides is 4. The van der Waals surface area contributed by atoms with Crippen LogP contribution in [0.5, 0.6) is 11.5 Å². The third kappa shape index (κ3) is 5.00. The Kier molecular flexibility index (Phi) is 7.89. The zero-order valence-electron chi connectivity index (χ0n) is 20.8. The molecule has 3 rings (SSSR count). The van der Waals surface area contributed by atoms with Crippen LogP contribution in [0.3, 0.4) is 0 Å². The first kappa shape index (κ1) is 27.0. The Morgan fingerprint density at radius 1 is 1.03 bits per heavy atom. The normalized spacial score (nSPS) is 17.8. The molecule has 12 heteroatoms. The lowest BCUT2D eigenvalue weighted by atomic mass is 9.91. The maximum absolute atomic E-state index is 13.2. The zero-order chi connectivity index (χ0) is 26.7.